The van der Waals surface area contributed by atoms with Crippen LogP contribution in [0.1, 0.15) is 18.4 Å². The van der Waals surface area contributed by atoms with Crippen LogP contribution >= 0.6 is 11.8 Å². The van der Waals surface area contributed by atoms with Gasteiger partial charge in [-0.05, 0) is 41.7 Å². The van der Waals surface area contributed by atoms with Crippen LogP contribution in [0.4, 0.5) is 0 Å². The van der Waals surface area contributed by atoms with E-state index < -0.39 is 0 Å². The molecule has 22 heavy (non-hydrogen) atoms. The third-order valence-electron chi connectivity index (χ3n) is 3.51. The van der Waals surface area contributed by atoms with Crippen LogP contribution in [0.3, 0.4) is 0 Å². The number of carbonyl (C=O) groups is 1. The third kappa shape index (κ3) is 5.57. The fourth-order valence-corrected chi connectivity index (χ4v) is 3.08. The van der Waals surface area contributed by atoms with E-state index in [1.807, 2.05) is 6.07 Å². The van der Waals surface area contributed by atoms with E-state index in [4.69, 9.17) is 0 Å². The Morgan fingerprint density at radius 1 is 0.955 bits per heavy atom. The van der Waals surface area contributed by atoms with Gasteiger partial charge in [0.15, 0.2) is 0 Å². The normalized spacial score (nSPS) is 10.4. The Kier molecular flexibility index (Phi) is 7.04. The third-order valence-corrected chi connectivity index (χ3v) is 4.53. The van der Waals surface area contributed by atoms with Gasteiger partial charge < -0.3 is 4.74 Å². The minimum Gasteiger partial charge on any atom is -0.468 e. The van der Waals surface area contributed by atoms with Crippen molar-refractivity contribution in [2.24, 2.45) is 0 Å². The van der Waals surface area contributed by atoms with Crippen LogP contribution in [-0.2, 0) is 16.0 Å². The zero-order valence-electron chi connectivity index (χ0n) is 13.0. The first-order chi connectivity index (χ1) is 10.8. The van der Waals surface area contributed by atoms with Crippen LogP contribution in [0, 0.1) is 0 Å². The molecule has 2 nitrogen and oxygen atoms in total. The molecule has 0 N–H and O–H groups in total. The average Bonchev–Trinajstić information content (AvgIpc) is 2.59. The number of methoxy groups -OCH3 is 1. The van der Waals surface area contributed by atoms with Gasteiger partial charge in [-0.25, -0.2) is 0 Å². The summed E-state index contributed by atoms with van der Waals surface area (Å²) < 4.78 is 4.61. The number of hydrogen-bond acceptors (Lipinski definition) is 3. The highest BCUT2D eigenvalue weighted by Gasteiger charge is 2.00. The molecule has 0 radical (unpaired) electrons. The largest absolute Gasteiger partial charge is 0.468 e. The lowest BCUT2D eigenvalue weighted by atomic mass is 10.0. The molecule has 2 aromatic carbocycles. The number of rotatable bonds is 8. The fraction of sp³-hybridized carbons (Fsp3) is 0.316. The summed E-state index contributed by atoms with van der Waals surface area (Å²) in [6.45, 7) is 0. The number of thioether (sulfide) groups is 1. The van der Waals surface area contributed by atoms with E-state index in [0.717, 1.165) is 25.0 Å². The second kappa shape index (κ2) is 9.31. The summed E-state index contributed by atoms with van der Waals surface area (Å²) in [7, 11) is 1.43. The molecule has 3 heteroatoms. The number of unbranched alkanes of at least 4 members (excludes halogenated alkanes) is 1. The number of carbonyl (C=O) groups excluding carboxylic acids is 1. The maximum absolute atomic E-state index is 11.0. The van der Waals surface area contributed by atoms with Crippen molar-refractivity contribution in [3.8, 4) is 11.1 Å². The van der Waals surface area contributed by atoms with Crippen molar-refractivity contribution < 1.29 is 9.53 Å². The topological polar surface area (TPSA) is 26.3 Å². The molecule has 0 aliphatic heterocycles. The van der Waals surface area contributed by atoms with Gasteiger partial charge in [-0.15, -0.1) is 0 Å². The minimum absolute atomic E-state index is 0.137. The second-order valence-corrected chi connectivity index (χ2v) is 6.25. The molecule has 0 saturated heterocycles. The van der Waals surface area contributed by atoms with E-state index in [-0.39, 0.29) is 5.97 Å². The predicted octanol–water partition coefficient (Wildman–Crippen LogP) is 4.58. The molecule has 0 unspecified atom stereocenters. The summed E-state index contributed by atoms with van der Waals surface area (Å²) in [6, 6.07) is 19.2. The Morgan fingerprint density at radius 3 is 2.32 bits per heavy atom. The smallest absolute Gasteiger partial charge is 0.315 e. The maximum atomic E-state index is 11.0. The molecule has 2 aromatic rings. The predicted molar refractivity (Wildman–Crippen MR) is 94.2 cm³/mol. The first kappa shape index (κ1) is 16.6. The highest BCUT2D eigenvalue weighted by molar-refractivity contribution is 7.99. The Balaban J connectivity index is 1.70. The lowest BCUT2D eigenvalue weighted by Crippen LogP contribution is -2.03. The highest BCUT2D eigenvalue weighted by atomic mass is 32.2. The molecule has 0 amide bonds. The van der Waals surface area contributed by atoms with E-state index in [0.29, 0.717) is 5.75 Å². The minimum atomic E-state index is -0.137. The Morgan fingerprint density at radius 2 is 1.64 bits per heavy atom. The van der Waals surface area contributed by atoms with Crippen LogP contribution < -0.4 is 0 Å². The van der Waals surface area contributed by atoms with Gasteiger partial charge in [0, 0.05) is 0 Å². The Hall–Kier alpha value is -1.74. The zero-order valence-corrected chi connectivity index (χ0v) is 13.8. The van der Waals surface area contributed by atoms with Gasteiger partial charge in [-0.2, -0.15) is 11.8 Å². The van der Waals surface area contributed by atoms with Crippen LogP contribution in [0.15, 0.2) is 54.6 Å². The molecule has 0 spiro atoms. The lowest BCUT2D eigenvalue weighted by Gasteiger charge is -2.05. The van der Waals surface area contributed by atoms with Crippen molar-refractivity contribution in [2.45, 2.75) is 19.3 Å². The lowest BCUT2D eigenvalue weighted by molar-refractivity contribution is -0.137. The van der Waals surface area contributed by atoms with Gasteiger partial charge in [-0.3, -0.25) is 4.79 Å². The summed E-state index contributed by atoms with van der Waals surface area (Å²) in [6.07, 6.45) is 3.37. The molecule has 0 bridgehead atoms. The van der Waals surface area contributed by atoms with E-state index in [1.165, 1.54) is 23.8 Å². The quantitative estimate of drug-likeness (QED) is 0.527. The van der Waals surface area contributed by atoms with Crippen LogP contribution in [0.5, 0.6) is 0 Å². The van der Waals surface area contributed by atoms with Crippen LogP contribution in [0.2, 0.25) is 0 Å². The Bertz CT molecular complexity index is 564. The first-order valence-electron chi connectivity index (χ1n) is 7.58. The summed E-state index contributed by atoms with van der Waals surface area (Å²) >= 11 is 1.65. The molecule has 0 fully saturated rings. The van der Waals surface area contributed by atoms with Crippen LogP contribution in [0.25, 0.3) is 11.1 Å². The van der Waals surface area contributed by atoms with E-state index in [1.54, 1.807) is 11.8 Å². The first-order valence-corrected chi connectivity index (χ1v) is 8.74. The summed E-state index contributed by atoms with van der Waals surface area (Å²) in [5.74, 6) is 1.33. The highest BCUT2D eigenvalue weighted by Crippen LogP contribution is 2.20. The van der Waals surface area contributed by atoms with Gasteiger partial charge in [-0.1, -0.05) is 54.6 Å². The Labute approximate surface area is 136 Å². The molecular formula is C19H22O2S. The summed E-state index contributed by atoms with van der Waals surface area (Å²) in [5.41, 5.74) is 3.89. The number of ether oxygens (including phenoxy) is 1. The molecule has 0 aliphatic carbocycles. The molecule has 0 aliphatic rings. The second-order valence-electron chi connectivity index (χ2n) is 5.15. The van der Waals surface area contributed by atoms with Crippen molar-refractivity contribution in [3.05, 3.63) is 60.2 Å². The molecular weight excluding hydrogens is 292 g/mol. The number of benzene rings is 2. The van der Waals surface area contributed by atoms with Crippen LogP contribution in [-0.4, -0.2) is 24.6 Å². The van der Waals surface area contributed by atoms with Gasteiger partial charge in [0.2, 0.25) is 0 Å². The maximum Gasteiger partial charge on any atom is 0.315 e. The zero-order chi connectivity index (χ0) is 15.6. The van der Waals surface area contributed by atoms with E-state index >= 15 is 0 Å². The van der Waals surface area contributed by atoms with E-state index in [9.17, 15) is 4.79 Å². The molecule has 0 atom stereocenters. The summed E-state index contributed by atoms with van der Waals surface area (Å²) in [5, 5.41) is 0. The number of esters is 1. The number of hydrogen-bond donors (Lipinski definition) is 0. The van der Waals surface area contributed by atoms with Crippen molar-refractivity contribution in [3.63, 3.8) is 0 Å². The molecule has 116 valence electrons. The van der Waals surface area contributed by atoms with E-state index in [2.05, 4.69) is 53.3 Å². The summed E-state index contributed by atoms with van der Waals surface area (Å²) in [4.78, 5) is 11.0. The fourth-order valence-electron chi connectivity index (χ4n) is 2.24. The molecule has 0 heterocycles. The van der Waals surface area contributed by atoms with Crippen molar-refractivity contribution in [1.29, 1.82) is 0 Å². The standard InChI is InChI=1S/C19H22O2S/c1-21-19(20)15-22-14-6-5-7-16-10-12-18(13-11-16)17-8-3-2-4-9-17/h2-4,8-13H,5-7,14-15H2,1H3. The van der Waals surface area contributed by atoms with Gasteiger partial charge in [0.05, 0.1) is 12.9 Å². The molecule has 2 rings (SSSR count). The monoisotopic (exact) mass is 314 g/mol. The molecule has 0 saturated carbocycles. The SMILES string of the molecule is COC(=O)CSCCCCc1ccc(-c2ccccc2)cc1. The molecule has 0 aromatic heterocycles. The van der Waals surface area contributed by atoms with Gasteiger partial charge in [0.1, 0.15) is 0 Å². The van der Waals surface area contributed by atoms with Gasteiger partial charge >= 0.3 is 5.97 Å². The van der Waals surface area contributed by atoms with Crippen molar-refractivity contribution in [1.82, 2.24) is 0 Å². The average molecular weight is 314 g/mol. The van der Waals surface area contributed by atoms with Crippen molar-refractivity contribution in [2.75, 3.05) is 18.6 Å². The number of aryl methyl sites for hydroxylation is 1. The van der Waals surface area contributed by atoms with Gasteiger partial charge in [0.25, 0.3) is 0 Å². The van der Waals surface area contributed by atoms with Crippen molar-refractivity contribution >= 4 is 17.7 Å².